The first kappa shape index (κ1) is 20.4. The van der Waals surface area contributed by atoms with Crippen molar-refractivity contribution in [2.45, 2.75) is 31.5 Å². The highest BCUT2D eigenvalue weighted by Gasteiger charge is 2.50. The summed E-state index contributed by atoms with van der Waals surface area (Å²) >= 11 is 5.76. The van der Waals surface area contributed by atoms with Crippen molar-refractivity contribution in [1.29, 1.82) is 0 Å². The van der Waals surface area contributed by atoms with Crippen molar-refractivity contribution in [2.24, 2.45) is 5.90 Å². The molecule has 0 spiro atoms. The van der Waals surface area contributed by atoms with E-state index in [0.29, 0.717) is 0 Å². The summed E-state index contributed by atoms with van der Waals surface area (Å²) in [5.74, 6) is -0.894. The van der Waals surface area contributed by atoms with Gasteiger partial charge in [0, 0.05) is 10.6 Å². The number of ether oxygens (including phenoxy) is 2. The number of hydrogen-bond acceptors (Lipinski definition) is 8. The normalized spacial score (nSPS) is 18.5. The predicted molar refractivity (Wildman–Crippen MR) is 79.1 cm³/mol. The Morgan fingerprint density at radius 1 is 1.35 bits per heavy atom. The van der Waals surface area contributed by atoms with E-state index in [1.54, 1.807) is 0 Å². The van der Waals surface area contributed by atoms with Gasteiger partial charge in [0.2, 0.25) is 12.4 Å². The summed E-state index contributed by atoms with van der Waals surface area (Å²) in [6.45, 7) is 1.17. The van der Waals surface area contributed by atoms with Crippen LogP contribution >= 0.6 is 11.6 Å². The zero-order valence-electron chi connectivity index (χ0n) is 13.0. The van der Waals surface area contributed by atoms with Crippen LogP contribution in [-0.2, 0) is 20.3 Å². The molecule has 0 radical (unpaired) electrons. The van der Waals surface area contributed by atoms with E-state index in [4.69, 9.17) is 22.2 Å². The van der Waals surface area contributed by atoms with Crippen molar-refractivity contribution in [2.75, 3.05) is 0 Å². The molecule has 8 nitrogen and oxygen atoms in total. The van der Waals surface area contributed by atoms with Gasteiger partial charge < -0.3 is 24.8 Å². The second-order valence-corrected chi connectivity index (χ2v) is 5.69. The summed E-state index contributed by atoms with van der Waals surface area (Å²) in [5, 5.41) is 27.8. The first-order valence-electron chi connectivity index (χ1n) is 6.87. The standard InChI is InChI=1S/C14H13ClF3NO7/c1-5(26-19)24-12(20)8-3-6-2-7(15)4-9(14(21,22)23)10(6)25-11(8)13(16,17)18/h2-5,11,21-23H,19H2,1H3. The summed E-state index contributed by atoms with van der Waals surface area (Å²) in [5.41, 5.74) is -2.01. The Labute approximate surface area is 149 Å². The molecule has 5 N–H and O–H groups in total. The third kappa shape index (κ3) is 4.26. The van der Waals surface area contributed by atoms with E-state index in [1.165, 1.54) is 6.92 Å². The van der Waals surface area contributed by atoms with Gasteiger partial charge in [-0.2, -0.15) is 13.2 Å². The lowest BCUT2D eigenvalue weighted by atomic mass is 9.98. The first-order valence-corrected chi connectivity index (χ1v) is 7.25. The smallest absolute Gasteiger partial charge is 0.430 e. The van der Waals surface area contributed by atoms with Crippen molar-refractivity contribution >= 4 is 23.6 Å². The molecule has 0 aliphatic carbocycles. The summed E-state index contributed by atoms with van der Waals surface area (Å²) < 4.78 is 49.3. The van der Waals surface area contributed by atoms with Gasteiger partial charge >= 0.3 is 18.1 Å². The second kappa shape index (κ2) is 7.02. The van der Waals surface area contributed by atoms with Crippen LogP contribution in [0.25, 0.3) is 6.08 Å². The number of fused-ring (bicyclic) bond motifs is 1. The molecule has 1 heterocycles. The maximum atomic E-state index is 13.3. The number of alkyl halides is 3. The van der Waals surface area contributed by atoms with Gasteiger partial charge in [-0.25, -0.2) is 10.7 Å². The third-order valence-electron chi connectivity index (χ3n) is 3.27. The Morgan fingerprint density at radius 2 is 1.96 bits per heavy atom. The summed E-state index contributed by atoms with van der Waals surface area (Å²) in [7, 11) is 0. The number of rotatable bonds is 4. The van der Waals surface area contributed by atoms with Crippen LogP contribution in [0.1, 0.15) is 18.1 Å². The Hall–Kier alpha value is -1.89. The van der Waals surface area contributed by atoms with Gasteiger partial charge in [-0.15, -0.1) is 0 Å². The number of esters is 1. The van der Waals surface area contributed by atoms with Gasteiger partial charge in [-0.3, -0.25) is 4.84 Å². The van der Waals surface area contributed by atoms with Gasteiger partial charge in [-0.1, -0.05) is 11.6 Å². The van der Waals surface area contributed by atoms with E-state index in [0.717, 1.165) is 18.2 Å². The van der Waals surface area contributed by atoms with Crippen molar-refractivity contribution in [3.63, 3.8) is 0 Å². The molecule has 0 saturated heterocycles. The lowest BCUT2D eigenvalue weighted by Gasteiger charge is -2.31. The summed E-state index contributed by atoms with van der Waals surface area (Å²) in [6, 6.07) is 1.89. The second-order valence-electron chi connectivity index (χ2n) is 5.26. The molecule has 0 bridgehead atoms. The van der Waals surface area contributed by atoms with E-state index in [-0.39, 0.29) is 10.6 Å². The summed E-state index contributed by atoms with van der Waals surface area (Å²) in [4.78, 5) is 16.2. The van der Waals surface area contributed by atoms with Crippen LogP contribution in [0, 0.1) is 0 Å². The maximum Gasteiger partial charge on any atom is 0.430 e. The van der Waals surface area contributed by atoms with Gasteiger partial charge in [-0.05, 0) is 25.1 Å². The van der Waals surface area contributed by atoms with E-state index in [9.17, 15) is 33.3 Å². The molecule has 2 unspecified atom stereocenters. The number of nitrogens with two attached hydrogens (primary N) is 1. The number of benzene rings is 1. The predicted octanol–water partition coefficient (Wildman–Crippen LogP) is 0.913. The Bertz CT molecular complexity index is 745. The highest BCUT2D eigenvalue weighted by molar-refractivity contribution is 6.31. The minimum absolute atomic E-state index is 0.169. The lowest BCUT2D eigenvalue weighted by molar-refractivity contribution is -0.324. The minimum Gasteiger partial charge on any atom is -0.475 e. The van der Waals surface area contributed by atoms with Crippen molar-refractivity contribution in [1.82, 2.24) is 0 Å². The SMILES string of the molecule is CC(ON)OC(=O)C1=Cc2cc(Cl)cc(C(O)(O)O)c2OC1C(F)(F)F. The van der Waals surface area contributed by atoms with Crippen LogP contribution in [0.3, 0.4) is 0 Å². The van der Waals surface area contributed by atoms with Gasteiger partial charge in [0.05, 0.1) is 11.1 Å². The molecule has 26 heavy (non-hydrogen) atoms. The molecule has 1 aliphatic heterocycles. The van der Waals surface area contributed by atoms with E-state index in [1.807, 2.05) is 0 Å². The zero-order chi connectivity index (χ0) is 19.9. The van der Waals surface area contributed by atoms with Gasteiger partial charge in [0.1, 0.15) is 5.75 Å². The number of halogens is 4. The van der Waals surface area contributed by atoms with Gasteiger partial charge in [0.15, 0.2) is 0 Å². The quantitative estimate of drug-likeness (QED) is 0.334. The molecule has 1 aliphatic rings. The van der Waals surface area contributed by atoms with E-state index in [2.05, 4.69) is 9.57 Å². The molecular weight excluding hydrogens is 387 g/mol. The maximum absolute atomic E-state index is 13.3. The molecule has 0 amide bonds. The molecule has 0 fully saturated rings. The lowest BCUT2D eigenvalue weighted by Crippen LogP contribution is -2.42. The van der Waals surface area contributed by atoms with E-state index >= 15 is 0 Å². The average molecular weight is 400 g/mol. The molecule has 2 atom stereocenters. The Kier molecular flexibility index (Phi) is 5.52. The molecule has 12 heteroatoms. The average Bonchev–Trinajstić information content (AvgIpc) is 2.50. The number of aliphatic hydroxyl groups is 3. The molecular formula is C14H13ClF3NO7. The largest absolute Gasteiger partial charge is 0.475 e. The number of hydrogen-bond donors (Lipinski definition) is 4. The van der Waals surface area contributed by atoms with Crippen molar-refractivity contribution in [3.8, 4) is 5.75 Å². The van der Waals surface area contributed by atoms with Crippen molar-refractivity contribution in [3.05, 3.63) is 33.9 Å². The number of carbonyl (C=O) groups is 1. The van der Waals surface area contributed by atoms with Crippen LogP contribution in [-0.4, -0.2) is 39.9 Å². The monoisotopic (exact) mass is 399 g/mol. The number of carbonyl (C=O) groups excluding carboxylic acids is 1. The van der Waals surface area contributed by atoms with Crippen LogP contribution in [0.2, 0.25) is 5.02 Å². The topological polar surface area (TPSA) is 131 Å². The first-order chi connectivity index (χ1) is 11.8. The molecule has 144 valence electrons. The molecule has 0 aromatic heterocycles. The summed E-state index contributed by atoms with van der Waals surface area (Å²) in [6.07, 6.45) is -8.48. The fraction of sp³-hybridized carbons (Fsp3) is 0.357. The van der Waals surface area contributed by atoms with Crippen LogP contribution in [0.5, 0.6) is 5.75 Å². The third-order valence-corrected chi connectivity index (χ3v) is 3.49. The Morgan fingerprint density at radius 3 is 2.46 bits per heavy atom. The molecule has 2 rings (SSSR count). The minimum atomic E-state index is -5.07. The highest BCUT2D eigenvalue weighted by atomic mass is 35.5. The Balaban J connectivity index is 2.61. The fourth-order valence-corrected chi connectivity index (χ4v) is 2.41. The highest BCUT2D eigenvalue weighted by Crippen LogP contribution is 2.42. The van der Waals surface area contributed by atoms with Crippen molar-refractivity contribution < 1.29 is 47.6 Å². The van der Waals surface area contributed by atoms with Crippen LogP contribution < -0.4 is 10.6 Å². The fourth-order valence-electron chi connectivity index (χ4n) is 2.18. The van der Waals surface area contributed by atoms with Crippen LogP contribution in [0.4, 0.5) is 13.2 Å². The molecule has 0 saturated carbocycles. The molecule has 1 aromatic carbocycles. The van der Waals surface area contributed by atoms with E-state index < -0.39 is 47.4 Å². The van der Waals surface area contributed by atoms with Gasteiger partial charge in [0.25, 0.3) is 0 Å². The zero-order valence-corrected chi connectivity index (χ0v) is 13.7. The molecule has 1 aromatic rings. The van der Waals surface area contributed by atoms with Crippen LogP contribution in [0.15, 0.2) is 17.7 Å².